The number of anilines is 1. The van der Waals surface area contributed by atoms with Crippen LogP contribution in [0.3, 0.4) is 0 Å². The molecule has 0 radical (unpaired) electrons. The summed E-state index contributed by atoms with van der Waals surface area (Å²) >= 11 is 11.6. The van der Waals surface area contributed by atoms with Gasteiger partial charge >= 0.3 is 6.03 Å². The lowest BCUT2D eigenvalue weighted by Crippen LogP contribution is -2.40. The number of rotatable bonds is 5. The van der Waals surface area contributed by atoms with Crippen LogP contribution in [-0.2, 0) is 4.79 Å². The summed E-state index contributed by atoms with van der Waals surface area (Å²) in [5.74, 6) is -0.196. The van der Waals surface area contributed by atoms with E-state index in [4.69, 9.17) is 23.2 Å². The van der Waals surface area contributed by atoms with Gasteiger partial charge in [-0.15, -0.1) is 0 Å². The summed E-state index contributed by atoms with van der Waals surface area (Å²) < 4.78 is 0. The fourth-order valence-corrected chi connectivity index (χ4v) is 1.70. The third kappa shape index (κ3) is 5.27. The average Bonchev–Trinajstić information content (AvgIpc) is 2.40. The van der Waals surface area contributed by atoms with Gasteiger partial charge in [0, 0.05) is 19.3 Å². The number of hydrogen-bond donors (Lipinski definition) is 2. The largest absolute Gasteiger partial charge is 0.355 e. The first kappa shape index (κ1) is 16.6. The first-order valence-corrected chi connectivity index (χ1v) is 6.93. The predicted octanol–water partition coefficient (Wildman–Crippen LogP) is 2.98. The molecule has 0 saturated heterocycles. The van der Waals surface area contributed by atoms with E-state index in [0.29, 0.717) is 22.3 Å². The van der Waals surface area contributed by atoms with Crippen molar-refractivity contribution < 1.29 is 9.59 Å². The Hall–Kier alpha value is -1.46. The van der Waals surface area contributed by atoms with Crippen LogP contribution in [0.2, 0.25) is 10.0 Å². The number of nitrogens with one attached hydrogen (secondary N) is 2. The Morgan fingerprint density at radius 1 is 1.25 bits per heavy atom. The summed E-state index contributed by atoms with van der Waals surface area (Å²) in [7, 11) is 1.54. The molecule has 0 aliphatic carbocycles. The molecule has 3 amide bonds. The van der Waals surface area contributed by atoms with Crippen molar-refractivity contribution >= 4 is 40.8 Å². The van der Waals surface area contributed by atoms with E-state index in [-0.39, 0.29) is 12.5 Å². The van der Waals surface area contributed by atoms with E-state index in [1.807, 2.05) is 6.92 Å². The highest BCUT2D eigenvalue weighted by atomic mass is 35.5. The van der Waals surface area contributed by atoms with Gasteiger partial charge in [-0.05, 0) is 24.6 Å². The minimum Gasteiger partial charge on any atom is -0.355 e. The normalized spacial score (nSPS) is 10.0. The van der Waals surface area contributed by atoms with E-state index in [0.717, 1.165) is 6.42 Å². The molecule has 0 bridgehead atoms. The second-order valence-electron chi connectivity index (χ2n) is 4.27. The number of nitrogens with zero attached hydrogens (tertiary/aromatic N) is 1. The smallest absolute Gasteiger partial charge is 0.322 e. The van der Waals surface area contributed by atoms with Crippen LogP contribution < -0.4 is 10.6 Å². The van der Waals surface area contributed by atoms with Gasteiger partial charge < -0.3 is 15.5 Å². The number of benzene rings is 1. The molecule has 5 nitrogen and oxygen atoms in total. The van der Waals surface area contributed by atoms with Crippen molar-refractivity contribution in [1.29, 1.82) is 0 Å². The lowest BCUT2D eigenvalue weighted by atomic mass is 10.3. The number of hydrogen-bond acceptors (Lipinski definition) is 2. The van der Waals surface area contributed by atoms with Crippen LogP contribution in [0.15, 0.2) is 18.2 Å². The summed E-state index contributed by atoms with van der Waals surface area (Å²) in [6.07, 6.45) is 0.852. The number of urea groups is 1. The highest BCUT2D eigenvalue weighted by Gasteiger charge is 2.13. The molecule has 110 valence electrons. The van der Waals surface area contributed by atoms with Crippen LogP contribution in [0.5, 0.6) is 0 Å². The number of amides is 3. The molecule has 0 saturated carbocycles. The topological polar surface area (TPSA) is 61.4 Å². The highest BCUT2D eigenvalue weighted by molar-refractivity contribution is 6.42. The summed E-state index contributed by atoms with van der Waals surface area (Å²) in [5, 5.41) is 6.10. The van der Waals surface area contributed by atoms with Crippen molar-refractivity contribution in [3.8, 4) is 0 Å². The first-order valence-electron chi connectivity index (χ1n) is 6.18. The summed E-state index contributed by atoms with van der Waals surface area (Å²) in [6.45, 7) is 2.55. The van der Waals surface area contributed by atoms with E-state index in [1.165, 1.54) is 4.90 Å². The average molecular weight is 318 g/mol. The van der Waals surface area contributed by atoms with Crippen molar-refractivity contribution in [1.82, 2.24) is 10.2 Å². The van der Waals surface area contributed by atoms with Gasteiger partial charge in [0.1, 0.15) is 6.54 Å². The molecule has 0 heterocycles. The second-order valence-corrected chi connectivity index (χ2v) is 5.08. The molecule has 20 heavy (non-hydrogen) atoms. The van der Waals surface area contributed by atoms with Crippen LogP contribution in [0, 0.1) is 0 Å². The number of carbonyl (C=O) groups excluding carboxylic acids is 2. The molecule has 0 atom stereocenters. The van der Waals surface area contributed by atoms with Gasteiger partial charge in [0.2, 0.25) is 5.91 Å². The molecule has 1 aromatic rings. The van der Waals surface area contributed by atoms with Gasteiger partial charge in [0.15, 0.2) is 0 Å². The van der Waals surface area contributed by atoms with Gasteiger partial charge in [0.05, 0.1) is 10.0 Å². The summed E-state index contributed by atoms with van der Waals surface area (Å²) in [4.78, 5) is 24.7. The maximum absolute atomic E-state index is 11.9. The molecule has 1 aromatic carbocycles. The van der Waals surface area contributed by atoms with Crippen molar-refractivity contribution in [2.24, 2.45) is 0 Å². The second kappa shape index (κ2) is 7.97. The Balaban J connectivity index is 2.52. The Kier molecular flexibility index (Phi) is 6.61. The Bertz CT molecular complexity index is 495. The van der Waals surface area contributed by atoms with E-state index < -0.39 is 6.03 Å². The zero-order valence-corrected chi connectivity index (χ0v) is 12.9. The maximum Gasteiger partial charge on any atom is 0.322 e. The lowest BCUT2D eigenvalue weighted by Gasteiger charge is -2.17. The minimum absolute atomic E-state index is 0.00679. The van der Waals surface area contributed by atoms with Crippen LogP contribution in [-0.4, -0.2) is 37.0 Å². The van der Waals surface area contributed by atoms with E-state index in [1.54, 1.807) is 25.2 Å². The fraction of sp³-hybridized carbons (Fsp3) is 0.385. The minimum atomic E-state index is -0.393. The van der Waals surface area contributed by atoms with Crippen LogP contribution in [0.25, 0.3) is 0 Å². The number of halogens is 2. The van der Waals surface area contributed by atoms with Gasteiger partial charge in [0.25, 0.3) is 0 Å². The van der Waals surface area contributed by atoms with Crippen LogP contribution in [0.4, 0.5) is 10.5 Å². The Morgan fingerprint density at radius 2 is 1.95 bits per heavy atom. The van der Waals surface area contributed by atoms with Gasteiger partial charge in [-0.25, -0.2) is 4.79 Å². The maximum atomic E-state index is 11.9. The molecule has 0 spiro atoms. The van der Waals surface area contributed by atoms with Crippen molar-refractivity contribution in [3.05, 3.63) is 28.2 Å². The molecular formula is C13H17Cl2N3O2. The van der Waals surface area contributed by atoms with Crippen LogP contribution in [0.1, 0.15) is 13.3 Å². The summed E-state index contributed by atoms with van der Waals surface area (Å²) in [5.41, 5.74) is 0.519. The van der Waals surface area contributed by atoms with Crippen molar-refractivity contribution in [2.75, 3.05) is 25.5 Å². The molecule has 0 unspecified atom stereocenters. The van der Waals surface area contributed by atoms with Gasteiger partial charge in [-0.1, -0.05) is 30.1 Å². The zero-order valence-electron chi connectivity index (χ0n) is 11.4. The molecule has 0 fully saturated rings. The first-order chi connectivity index (χ1) is 9.43. The monoisotopic (exact) mass is 317 g/mol. The Labute approximate surface area is 128 Å². The molecule has 1 rings (SSSR count). The number of carbonyl (C=O) groups is 2. The van der Waals surface area contributed by atoms with Crippen LogP contribution >= 0.6 is 23.2 Å². The Morgan fingerprint density at radius 3 is 2.55 bits per heavy atom. The quantitative estimate of drug-likeness (QED) is 0.877. The lowest BCUT2D eigenvalue weighted by molar-refractivity contribution is -0.121. The SMILES string of the molecule is CCCNC(=O)CN(C)C(=O)Nc1ccc(Cl)c(Cl)c1. The number of likely N-dealkylation sites (N-methyl/N-ethyl adjacent to an activating group) is 1. The third-order valence-corrected chi connectivity index (χ3v) is 3.21. The highest BCUT2D eigenvalue weighted by Crippen LogP contribution is 2.25. The standard InChI is InChI=1S/C13H17Cl2N3O2/c1-3-6-16-12(19)8-18(2)13(20)17-9-4-5-10(14)11(15)7-9/h4-5,7H,3,6,8H2,1-2H3,(H,16,19)(H,17,20). The van der Waals surface area contributed by atoms with Crippen molar-refractivity contribution in [3.63, 3.8) is 0 Å². The van der Waals surface area contributed by atoms with E-state index in [2.05, 4.69) is 10.6 Å². The molecule has 0 aromatic heterocycles. The summed E-state index contributed by atoms with van der Waals surface area (Å²) in [6, 6.07) is 4.38. The zero-order chi connectivity index (χ0) is 15.1. The van der Waals surface area contributed by atoms with Gasteiger partial charge in [-0.3, -0.25) is 4.79 Å². The van der Waals surface area contributed by atoms with Gasteiger partial charge in [-0.2, -0.15) is 0 Å². The predicted molar refractivity (Wildman–Crippen MR) is 81.4 cm³/mol. The van der Waals surface area contributed by atoms with E-state index >= 15 is 0 Å². The molecular weight excluding hydrogens is 301 g/mol. The molecule has 7 heteroatoms. The molecule has 2 N–H and O–H groups in total. The molecule has 0 aliphatic heterocycles. The van der Waals surface area contributed by atoms with Crippen molar-refractivity contribution in [2.45, 2.75) is 13.3 Å². The third-order valence-electron chi connectivity index (χ3n) is 2.47. The fourth-order valence-electron chi connectivity index (χ4n) is 1.40. The van der Waals surface area contributed by atoms with E-state index in [9.17, 15) is 9.59 Å². The molecule has 0 aliphatic rings.